The zero-order valence-electron chi connectivity index (χ0n) is 17.1. The summed E-state index contributed by atoms with van der Waals surface area (Å²) in [6, 6.07) is 12.3. The molecule has 0 saturated heterocycles. The van der Waals surface area contributed by atoms with Gasteiger partial charge in [-0.15, -0.1) is 0 Å². The van der Waals surface area contributed by atoms with E-state index in [-0.39, 0.29) is 5.91 Å². The molecule has 2 aromatic rings. The Hall–Kier alpha value is -1.70. The first-order chi connectivity index (χ1) is 13.6. The minimum Gasteiger partial charge on any atom is -0.353 e. The van der Waals surface area contributed by atoms with Crippen LogP contribution in [0, 0.1) is 13.8 Å². The average molecular weight is 455 g/mol. The number of anilines is 1. The van der Waals surface area contributed by atoms with E-state index in [1.54, 1.807) is 43.8 Å². The van der Waals surface area contributed by atoms with Crippen LogP contribution >= 0.6 is 23.4 Å². The number of carbonyl (C=O) groups is 1. The summed E-state index contributed by atoms with van der Waals surface area (Å²) >= 11 is 7.78. The predicted molar refractivity (Wildman–Crippen MR) is 123 cm³/mol. The Balaban J connectivity index is 1.97. The number of hydrogen-bond acceptors (Lipinski definition) is 4. The molecule has 0 aromatic heterocycles. The first-order valence-electron chi connectivity index (χ1n) is 9.26. The summed E-state index contributed by atoms with van der Waals surface area (Å²) in [6.45, 7) is 5.91. The second kappa shape index (κ2) is 10.4. The molecule has 0 bridgehead atoms. The molecule has 1 N–H and O–H groups in total. The maximum absolute atomic E-state index is 12.6. The molecule has 0 unspecified atom stereocenters. The second-order valence-corrected chi connectivity index (χ2v) is 10.3. The Morgan fingerprint density at radius 3 is 2.52 bits per heavy atom. The van der Waals surface area contributed by atoms with E-state index < -0.39 is 16.1 Å². The standard InChI is InChI=1S/C21H27ClN2O3S2/c1-15-7-5-6-8-18(15)14-28-12-11-23-21(25)17(3)24(29(4,26)27)20-13-19(22)10-9-16(20)2/h5-10,13,17H,11-12,14H2,1-4H3,(H,23,25)/t17-/m0/s1. The number of amides is 1. The molecule has 158 valence electrons. The van der Waals surface area contributed by atoms with Crippen molar-refractivity contribution in [1.82, 2.24) is 5.32 Å². The molecule has 2 rings (SSSR count). The van der Waals surface area contributed by atoms with Gasteiger partial charge in [-0.1, -0.05) is 41.9 Å². The van der Waals surface area contributed by atoms with Gasteiger partial charge in [-0.2, -0.15) is 11.8 Å². The van der Waals surface area contributed by atoms with Gasteiger partial charge in [0.1, 0.15) is 6.04 Å². The number of carbonyl (C=O) groups excluding carboxylic acids is 1. The van der Waals surface area contributed by atoms with E-state index in [1.165, 1.54) is 11.1 Å². The lowest BCUT2D eigenvalue weighted by Gasteiger charge is -2.29. The summed E-state index contributed by atoms with van der Waals surface area (Å²) in [7, 11) is -3.67. The lowest BCUT2D eigenvalue weighted by molar-refractivity contribution is -0.121. The van der Waals surface area contributed by atoms with Crippen molar-refractivity contribution in [2.45, 2.75) is 32.6 Å². The van der Waals surface area contributed by atoms with E-state index in [0.29, 0.717) is 17.3 Å². The van der Waals surface area contributed by atoms with E-state index in [4.69, 9.17) is 11.6 Å². The third kappa shape index (κ3) is 6.66. The van der Waals surface area contributed by atoms with E-state index in [1.807, 2.05) is 12.1 Å². The van der Waals surface area contributed by atoms with Crippen LogP contribution < -0.4 is 9.62 Å². The molecule has 0 heterocycles. The lowest BCUT2D eigenvalue weighted by atomic mass is 10.1. The van der Waals surface area contributed by atoms with Gasteiger partial charge in [0.05, 0.1) is 11.9 Å². The highest BCUT2D eigenvalue weighted by molar-refractivity contribution is 7.98. The quantitative estimate of drug-likeness (QED) is 0.577. The minimum atomic E-state index is -3.67. The number of aryl methyl sites for hydroxylation is 2. The van der Waals surface area contributed by atoms with Crippen LogP contribution in [0.25, 0.3) is 0 Å². The first-order valence-corrected chi connectivity index (χ1v) is 12.6. The van der Waals surface area contributed by atoms with Gasteiger partial charge in [0.25, 0.3) is 0 Å². The molecule has 8 heteroatoms. The SMILES string of the molecule is Cc1ccccc1CSCCNC(=O)[C@H](C)N(c1cc(Cl)ccc1C)S(C)(=O)=O. The summed E-state index contributed by atoms with van der Waals surface area (Å²) in [4.78, 5) is 12.6. The van der Waals surface area contributed by atoms with Gasteiger partial charge < -0.3 is 5.32 Å². The fourth-order valence-electron chi connectivity index (χ4n) is 2.95. The van der Waals surface area contributed by atoms with Crippen molar-refractivity contribution < 1.29 is 13.2 Å². The first kappa shape index (κ1) is 23.6. The number of halogens is 1. The zero-order chi connectivity index (χ0) is 21.6. The monoisotopic (exact) mass is 454 g/mol. The molecule has 29 heavy (non-hydrogen) atoms. The molecule has 0 spiro atoms. The van der Waals surface area contributed by atoms with Crippen LogP contribution in [-0.4, -0.2) is 38.9 Å². The zero-order valence-corrected chi connectivity index (χ0v) is 19.5. The number of sulfonamides is 1. The van der Waals surface area contributed by atoms with Gasteiger partial charge >= 0.3 is 0 Å². The average Bonchev–Trinajstić information content (AvgIpc) is 2.64. The highest BCUT2D eigenvalue weighted by atomic mass is 35.5. The molecule has 0 saturated carbocycles. The molecule has 1 amide bonds. The maximum Gasteiger partial charge on any atom is 0.243 e. The summed E-state index contributed by atoms with van der Waals surface area (Å²) in [5.41, 5.74) is 3.67. The molecule has 0 aliphatic heterocycles. The highest BCUT2D eigenvalue weighted by Crippen LogP contribution is 2.28. The topological polar surface area (TPSA) is 66.5 Å². The summed E-state index contributed by atoms with van der Waals surface area (Å²) in [6.07, 6.45) is 1.09. The van der Waals surface area contributed by atoms with Crippen molar-refractivity contribution in [3.05, 3.63) is 64.2 Å². The van der Waals surface area contributed by atoms with Crippen molar-refractivity contribution in [1.29, 1.82) is 0 Å². The van der Waals surface area contributed by atoms with Crippen LogP contribution in [0.4, 0.5) is 5.69 Å². The maximum atomic E-state index is 12.6. The van der Waals surface area contributed by atoms with Gasteiger partial charge in [0, 0.05) is 23.1 Å². The number of nitrogens with one attached hydrogen (secondary N) is 1. The smallest absolute Gasteiger partial charge is 0.243 e. The van der Waals surface area contributed by atoms with Gasteiger partial charge in [-0.25, -0.2) is 8.42 Å². The van der Waals surface area contributed by atoms with Gasteiger partial charge in [0.2, 0.25) is 15.9 Å². The highest BCUT2D eigenvalue weighted by Gasteiger charge is 2.30. The Labute approximate surface area is 182 Å². The molecule has 0 aliphatic rings. The Kier molecular flexibility index (Phi) is 8.43. The third-order valence-corrected chi connectivity index (χ3v) is 7.03. The van der Waals surface area contributed by atoms with Gasteiger partial charge in [-0.05, 0) is 49.6 Å². The molecule has 1 atom stereocenters. The van der Waals surface area contributed by atoms with Crippen LogP contribution in [0.15, 0.2) is 42.5 Å². The van der Waals surface area contributed by atoms with Crippen LogP contribution in [0.5, 0.6) is 0 Å². The number of nitrogens with zero attached hydrogens (tertiary/aromatic N) is 1. The predicted octanol–water partition coefficient (Wildman–Crippen LogP) is 4.16. The van der Waals surface area contributed by atoms with Crippen molar-refractivity contribution in [3.63, 3.8) is 0 Å². The number of rotatable bonds is 9. The van der Waals surface area contributed by atoms with Crippen molar-refractivity contribution in [2.75, 3.05) is 22.9 Å². The number of thioether (sulfide) groups is 1. The van der Waals surface area contributed by atoms with Crippen LogP contribution in [0.1, 0.15) is 23.6 Å². The Morgan fingerprint density at radius 2 is 1.86 bits per heavy atom. The summed E-state index contributed by atoms with van der Waals surface area (Å²) in [5.74, 6) is 1.27. The molecular weight excluding hydrogens is 428 g/mol. The summed E-state index contributed by atoms with van der Waals surface area (Å²) < 4.78 is 25.9. The number of hydrogen-bond donors (Lipinski definition) is 1. The van der Waals surface area contributed by atoms with E-state index in [0.717, 1.165) is 27.6 Å². The van der Waals surface area contributed by atoms with Crippen molar-refractivity contribution in [3.8, 4) is 0 Å². The van der Waals surface area contributed by atoms with E-state index >= 15 is 0 Å². The Morgan fingerprint density at radius 1 is 1.17 bits per heavy atom. The summed E-state index contributed by atoms with van der Waals surface area (Å²) in [5, 5.41) is 3.26. The van der Waals surface area contributed by atoms with Gasteiger partial charge in [-0.3, -0.25) is 9.10 Å². The molecule has 2 aromatic carbocycles. The van der Waals surface area contributed by atoms with E-state index in [9.17, 15) is 13.2 Å². The molecular formula is C21H27ClN2O3S2. The van der Waals surface area contributed by atoms with Crippen LogP contribution in [0.2, 0.25) is 5.02 Å². The van der Waals surface area contributed by atoms with Gasteiger partial charge in [0.15, 0.2) is 0 Å². The van der Waals surface area contributed by atoms with Crippen molar-refractivity contribution >= 4 is 45.0 Å². The Bertz CT molecular complexity index is 964. The molecule has 5 nitrogen and oxygen atoms in total. The molecule has 0 fully saturated rings. The second-order valence-electron chi connectivity index (χ2n) is 6.94. The van der Waals surface area contributed by atoms with Crippen LogP contribution in [0.3, 0.4) is 0 Å². The third-order valence-electron chi connectivity index (χ3n) is 4.56. The lowest BCUT2D eigenvalue weighted by Crippen LogP contribution is -2.48. The van der Waals surface area contributed by atoms with Crippen molar-refractivity contribution in [2.24, 2.45) is 0 Å². The largest absolute Gasteiger partial charge is 0.353 e. The molecule has 0 aliphatic carbocycles. The normalized spacial score (nSPS) is 12.4. The fourth-order valence-corrected chi connectivity index (χ4v) is 5.27. The minimum absolute atomic E-state index is 0.341. The fraction of sp³-hybridized carbons (Fsp3) is 0.381. The number of benzene rings is 2. The molecule has 0 radical (unpaired) electrons. The van der Waals surface area contributed by atoms with E-state index in [2.05, 4.69) is 24.4 Å². The van der Waals surface area contributed by atoms with Crippen LogP contribution in [-0.2, 0) is 20.6 Å².